The van der Waals surface area contributed by atoms with Crippen molar-refractivity contribution in [3.8, 4) is 0 Å². The first-order valence-corrected chi connectivity index (χ1v) is 8.27. The molecule has 0 aliphatic heterocycles. The van der Waals surface area contributed by atoms with E-state index in [9.17, 15) is 18.4 Å². The number of nitrogens with one attached hydrogen (secondary N) is 1. The molecule has 7 heteroatoms. The molecular formula is C18H18F2N2O2S. The van der Waals surface area contributed by atoms with E-state index in [0.717, 1.165) is 11.9 Å². The summed E-state index contributed by atoms with van der Waals surface area (Å²) in [7, 11) is 3.05. The Balaban J connectivity index is 2.39. The number of carbonyl (C=O) groups excluding carboxylic acids is 2. The van der Waals surface area contributed by atoms with E-state index in [2.05, 4.69) is 4.72 Å². The fourth-order valence-electron chi connectivity index (χ4n) is 2.37. The van der Waals surface area contributed by atoms with Crippen LogP contribution >= 0.6 is 11.9 Å². The van der Waals surface area contributed by atoms with Crippen molar-refractivity contribution in [1.82, 2.24) is 4.90 Å². The van der Waals surface area contributed by atoms with Gasteiger partial charge in [0.15, 0.2) is 11.6 Å². The number of amides is 1. The smallest absolute Gasteiger partial charge is 0.254 e. The predicted octanol–water partition coefficient (Wildman–Crippen LogP) is 4.22. The van der Waals surface area contributed by atoms with Gasteiger partial charge in [-0.1, -0.05) is 12.1 Å². The molecule has 0 unspecified atom stereocenters. The summed E-state index contributed by atoms with van der Waals surface area (Å²) in [6.45, 7) is 2.89. The average Bonchev–Trinajstić information content (AvgIpc) is 2.60. The Morgan fingerprint density at radius 1 is 1.16 bits per heavy atom. The van der Waals surface area contributed by atoms with Gasteiger partial charge in [-0.2, -0.15) is 0 Å². The van der Waals surface area contributed by atoms with Crippen molar-refractivity contribution in [2.24, 2.45) is 0 Å². The standard InChI is InChI=1S/C18H18F2N2O2S/c1-10-14(18(24)22(3)4)11(2)16(20)17(15(10)19)21-25-13-7-5-6-12(8-13)9-23/h5-9,21H,1-4H3. The number of rotatable bonds is 5. The SMILES string of the molecule is Cc1c(F)c(NSc2cccc(C=O)c2)c(F)c(C)c1C(=O)N(C)C. The van der Waals surface area contributed by atoms with Gasteiger partial charge >= 0.3 is 0 Å². The lowest BCUT2D eigenvalue weighted by Gasteiger charge is -2.19. The Morgan fingerprint density at radius 2 is 1.76 bits per heavy atom. The topological polar surface area (TPSA) is 49.4 Å². The molecule has 2 rings (SSSR count). The van der Waals surface area contributed by atoms with Gasteiger partial charge in [-0.25, -0.2) is 8.78 Å². The first kappa shape index (κ1) is 18.9. The van der Waals surface area contributed by atoms with E-state index in [1.54, 1.807) is 24.3 Å². The minimum absolute atomic E-state index is 0.0264. The zero-order chi connectivity index (χ0) is 18.7. The molecule has 2 aromatic carbocycles. The second-order valence-corrected chi connectivity index (χ2v) is 6.60. The maximum Gasteiger partial charge on any atom is 0.254 e. The number of hydrogen-bond donors (Lipinski definition) is 1. The number of carbonyl (C=O) groups is 2. The summed E-state index contributed by atoms with van der Waals surface area (Å²) in [5.41, 5.74) is 0.349. The number of nitrogens with zero attached hydrogens (tertiary/aromatic N) is 1. The summed E-state index contributed by atoms with van der Waals surface area (Å²) in [5, 5.41) is 0. The highest BCUT2D eigenvalue weighted by atomic mass is 32.2. The lowest BCUT2D eigenvalue weighted by Crippen LogP contribution is -2.25. The van der Waals surface area contributed by atoms with E-state index >= 15 is 0 Å². The molecule has 0 saturated carbocycles. The molecule has 0 aliphatic rings. The van der Waals surface area contributed by atoms with Crippen molar-refractivity contribution in [3.63, 3.8) is 0 Å². The van der Waals surface area contributed by atoms with Gasteiger partial charge in [-0.05, 0) is 37.9 Å². The predicted molar refractivity (Wildman–Crippen MR) is 95.2 cm³/mol. The summed E-state index contributed by atoms with van der Waals surface area (Å²) < 4.78 is 31.9. The van der Waals surface area contributed by atoms with Crippen LogP contribution in [-0.4, -0.2) is 31.2 Å². The summed E-state index contributed by atoms with van der Waals surface area (Å²) in [6, 6.07) is 6.62. The Hall–Kier alpha value is -2.41. The maximum absolute atomic E-state index is 14.6. The van der Waals surface area contributed by atoms with Crippen LogP contribution in [0.3, 0.4) is 0 Å². The van der Waals surface area contributed by atoms with Crippen LogP contribution in [0.1, 0.15) is 31.8 Å². The molecule has 0 fully saturated rings. The molecule has 0 aliphatic carbocycles. The summed E-state index contributed by atoms with van der Waals surface area (Å²) in [5.74, 6) is -2.08. The van der Waals surface area contributed by atoms with Gasteiger partial charge < -0.3 is 9.62 Å². The minimum atomic E-state index is -0.813. The van der Waals surface area contributed by atoms with Crippen LogP contribution in [0, 0.1) is 25.5 Å². The fourth-order valence-corrected chi connectivity index (χ4v) is 3.11. The summed E-state index contributed by atoms with van der Waals surface area (Å²) in [6.07, 6.45) is 0.696. The molecule has 1 N–H and O–H groups in total. The first-order valence-electron chi connectivity index (χ1n) is 7.45. The summed E-state index contributed by atoms with van der Waals surface area (Å²) in [4.78, 5) is 24.9. The number of aldehydes is 1. The zero-order valence-electron chi connectivity index (χ0n) is 14.3. The molecular weight excluding hydrogens is 346 g/mol. The molecule has 132 valence electrons. The first-order chi connectivity index (χ1) is 11.8. The van der Waals surface area contributed by atoms with Crippen molar-refractivity contribution in [1.29, 1.82) is 0 Å². The van der Waals surface area contributed by atoms with Crippen LogP contribution < -0.4 is 4.72 Å². The van der Waals surface area contributed by atoms with Gasteiger partial charge in [-0.15, -0.1) is 0 Å². The van der Waals surface area contributed by atoms with Gasteiger partial charge in [0.25, 0.3) is 5.91 Å². The van der Waals surface area contributed by atoms with Gasteiger partial charge in [0.1, 0.15) is 12.0 Å². The van der Waals surface area contributed by atoms with Gasteiger partial charge in [-0.3, -0.25) is 9.59 Å². The Morgan fingerprint density at radius 3 is 2.28 bits per heavy atom. The Bertz CT molecular complexity index is 809. The van der Waals surface area contributed by atoms with Gasteiger partial charge in [0.05, 0.1) is 5.56 Å². The third kappa shape index (κ3) is 3.82. The van der Waals surface area contributed by atoms with E-state index in [4.69, 9.17) is 0 Å². The van der Waals surface area contributed by atoms with Gasteiger partial charge in [0.2, 0.25) is 0 Å². The second kappa shape index (κ2) is 7.65. The average molecular weight is 364 g/mol. The van der Waals surface area contributed by atoms with Crippen LogP contribution in [0.25, 0.3) is 0 Å². The third-order valence-corrected chi connectivity index (χ3v) is 4.53. The van der Waals surface area contributed by atoms with E-state index in [0.29, 0.717) is 16.7 Å². The number of benzene rings is 2. The van der Waals surface area contributed by atoms with E-state index in [1.165, 1.54) is 32.8 Å². The van der Waals surface area contributed by atoms with Crippen LogP contribution in [0.4, 0.5) is 14.5 Å². The highest BCUT2D eigenvalue weighted by Crippen LogP contribution is 2.33. The Kier molecular flexibility index (Phi) is 5.79. The molecule has 0 aromatic heterocycles. The maximum atomic E-state index is 14.6. The normalized spacial score (nSPS) is 10.5. The molecule has 0 atom stereocenters. The van der Waals surface area contributed by atoms with E-state index in [1.807, 2.05) is 0 Å². The number of hydrogen-bond acceptors (Lipinski definition) is 4. The number of anilines is 1. The van der Waals surface area contributed by atoms with Crippen LogP contribution in [0.5, 0.6) is 0 Å². The van der Waals surface area contributed by atoms with Crippen LogP contribution in [0.15, 0.2) is 29.2 Å². The van der Waals surface area contributed by atoms with Crippen molar-refractivity contribution < 1.29 is 18.4 Å². The van der Waals surface area contributed by atoms with Crippen molar-refractivity contribution in [3.05, 3.63) is 58.2 Å². The van der Waals surface area contributed by atoms with Crippen molar-refractivity contribution in [2.75, 3.05) is 18.8 Å². The zero-order valence-corrected chi connectivity index (χ0v) is 15.1. The molecule has 25 heavy (non-hydrogen) atoms. The molecule has 1 amide bonds. The van der Waals surface area contributed by atoms with Crippen molar-refractivity contribution in [2.45, 2.75) is 18.7 Å². The van der Waals surface area contributed by atoms with E-state index in [-0.39, 0.29) is 22.4 Å². The monoisotopic (exact) mass is 364 g/mol. The fraction of sp³-hybridized carbons (Fsp3) is 0.222. The Labute approximate surface area is 149 Å². The molecule has 0 saturated heterocycles. The summed E-state index contributed by atoms with van der Waals surface area (Å²) >= 11 is 0.985. The lowest BCUT2D eigenvalue weighted by molar-refractivity contribution is 0.0825. The third-order valence-electron chi connectivity index (χ3n) is 3.73. The molecule has 0 radical (unpaired) electrons. The molecule has 0 bridgehead atoms. The van der Waals surface area contributed by atoms with E-state index < -0.39 is 17.5 Å². The molecule has 2 aromatic rings. The highest BCUT2D eigenvalue weighted by Gasteiger charge is 2.25. The lowest BCUT2D eigenvalue weighted by atomic mass is 9.99. The largest absolute Gasteiger partial charge is 0.345 e. The molecule has 0 spiro atoms. The molecule has 4 nitrogen and oxygen atoms in total. The highest BCUT2D eigenvalue weighted by molar-refractivity contribution is 8.00. The van der Waals surface area contributed by atoms with Gasteiger partial charge in [0, 0.05) is 35.7 Å². The number of halogens is 2. The van der Waals surface area contributed by atoms with Crippen molar-refractivity contribution >= 4 is 29.8 Å². The van der Waals surface area contributed by atoms with Crippen LogP contribution in [-0.2, 0) is 0 Å². The quantitative estimate of drug-likeness (QED) is 0.638. The minimum Gasteiger partial charge on any atom is -0.345 e. The second-order valence-electron chi connectivity index (χ2n) is 5.72. The van der Waals surface area contributed by atoms with Crippen LogP contribution in [0.2, 0.25) is 0 Å². The molecule has 0 heterocycles.